The van der Waals surface area contributed by atoms with E-state index in [1.807, 2.05) is 14.1 Å². The number of carbonyl (C=O) groups excluding carboxylic acids is 1. The Hall–Kier alpha value is -1.47. The minimum atomic E-state index is -3.53. The molecule has 1 aromatic carbocycles. The Morgan fingerprint density at radius 3 is 2.60 bits per heavy atom. The van der Waals surface area contributed by atoms with Gasteiger partial charge in [0, 0.05) is 17.6 Å². The molecule has 1 saturated carbocycles. The lowest BCUT2D eigenvalue weighted by molar-refractivity contribution is -0.117. The van der Waals surface area contributed by atoms with E-state index in [-0.39, 0.29) is 23.0 Å². The lowest BCUT2D eigenvalue weighted by Gasteiger charge is -2.19. The van der Waals surface area contributed by atoms with E-state index in [0.29, 0.717) is 19.4 Å². The maximum absolute atomic E-state index is 13.1. The van der Waals surface area contributed by atoms with E-state index < -0.39 is 21.9 Å². The molecule has 0 N–H and O–H groups in total. The Labute approximate surface area is 148 Å². The lowest BCUT2D eigenvalue weighted by Crippen LogP contribution is -2.29. The van der Waals surface area contributed by atoms with Gasteiger partial charge in [-0.1, -0.05) is 0 Å². The number of hydrogen-bond donors (Lipinski definition) is 0. The number of nitrogens with zero attached hydrogens (tertiary/aromatic N) is 2. The van der Waals surface area contributed by atoms with E-state index in [1.165, 1.54) is 0 Å². The molecule has 25 heavy (non-hydrogen) atoms. The molecule has 1 aromatic rings. The summed E-state index contributed by atoms with van der Waals surface area (Å²) in [6.45, 7) is 0.924. The van der Waals surface area contributed by atoms with E-state index >= 15 is 0 Å². The maximum Gasteiger partial charge on any atom is 0.231 e. The number of hydrogen-bond acceptors (Lipinski definition) is 4. The van der Waals surface area contributed by atoms with Crippen LogP contribution in [0.2, 0.25) is 0 Å². The molecule has 2 aliphatic rings. The Kier molecular flexibility index (Phi) is 4.90. The number of sulfone groups is 1. The highest BCUT2D eigenvalue weighted by molar-refractivity contribution is 7.91. The molecule has 0 saturated heterocycles. The quantitative estimate of drug-likeness (QED) is 0.705. The van der Waals surface area contributed by atoms with E-state index in [2.05, 4.69) is 4.90 Å². The van der Waals surface area contributed by atoms with Gasteiger partial charge in [0.2, 0.25) is 5.91 Å². The first-order valence-corrected chi connectivity index (χ1v) is 10.3. The van der Waals surface area contributed by atoms with Gasteiger partial charge in [-0.3, -0.25) is 9.18 Å². The second-order valence-electron chi connectivity index (χ2n) is 7.56. The molecule has 1 fully saturated rings. The summed E-state index contributed by atoms with van der Waals surface area (Å²) in [5.41, 5.74) is 0.877. The number of carbonyl (C=O) groups is 1. The van der Waals surface area contributed by atoms with Crippen LogP contribution < -0.4 is 4.90 Å². The SMILES string of the molecule is CN(C)CCCN1C(=O)Cc2cc(S(=O)(=O)CC3(CF)CC3)ccc21. The zero-order chi connectivity index (χ0) is 18.2. The zero-order valence-corrected chi connectivity index (χ0v) is 15.6. The van der Waals surface area contributed by atoms with Gasteiger partial charge in [-0.25, -0.2) is 8.42 Å². The number of benzene rings is 1. The number of anilines is 1. The first-order valence-electron chi connectivity index (χ1n) is 8.63. The first kappa shape index (κ1) is 18.3. The number of fused-ring (bicyclic) bond motifs is 1. The molecule has 7 heteroatoms. The minimum absolute atomic E-state index is 0.00530. The molecular weight excluding hydrogens is 343 g/mol. The number of amides is 1. The minimum Gasteiger partial charge on any atom is -0.312 e. The van der Waals surface area contributed by atoms with Crippen LogP contribution in [0.4, 0.5) is 10.1 Å². The highest BCUT2D eigenvalue weighted by Gasteiger charge is 2.46. The summed E-state index contributed by atoms with van der Waals surface area (Å²) < 4.78 is 38.2. The van der Waals surface area contributed by atoms with E-state index in [1.54, 1.807) is 23.1 Å². The van der Waals surface area contributed by atoms with Gasteiger partial charge < -0.3 is 9.80 Å². The Balaban J connectivity index is 1.77. The molecular formula is C18H25FN2O3S. The first-order chi connectivity index (χ1) is 11.8. The lowest BCUT2D eigenvalue weighted by atomic mass is 10.2. The third kappa shape index (κ3) is 3.87. The van der Waals surface area contributed by atoms with Crippen LogP contribution in [0.1, 0.15) is 24.8 Å². The number of halogens is 1. The molecule has 0 unspecified atom stereocenters. The highest BCUT2D eigenvalue weighted by atomic mass is 32.2. The van der Waals surface area contributed by atoms with Gasteiger partial charge in [0.05, 0.1) is 23.7 Å². The molecule has 1 heterocycles. The van der Waals surface area contributed by atoms with Crippen LogP contribution >= 0.6 is 0 Å². The summed E-state index contributed by atoms with van der Waals surface area (Å²) in [5.74, 6) is -0.138. The zero-order valence-electron chi connectivity index (χ0n) is 14.8. The molecule has 0 spiro atoms. The van der Waals surface area contributed by atoms with Crippen molar-refractivity contribution in [1.82, 2.24) is 4.90 Å². The van der Waals surface area contributed by atoms with Crippen LogP contribution in [-0.4, -0.2) is 58.8 Å². The van der Waals surface area contributed by atoms with E-state index in [4.69, 9.17) is 0 Å². The number of alkyl halides is 1. The topological polar surface area (TPSA) is 57.7 Å². The second-order valence-corrected chi connectivity index (χ2v) is 9.55. The molecule has 1 amide bonds. The van der Waals surface area contributed by atoms with E-state index in [9.17, 15) is 17.6 Å². The predicted octanol–water partition coefficient (Wildman–Crippen LogP) is 2.05. The number of rotatable bonds is 8. The van der Waals surface area contributed by atoms with Crippen molar-refractivity contribution in [2.75, 3.05) is 44.5 Å². The van der Waals surface area contributed by atoms with Gasteiger partial charge in [0.25, 0.3) is 0 Å². The second kappa shape index (κ2) is 6.68. The third-order valence-electron chi connectivity index (χ3n) is 5.07. The van der Waals surface area contributed by atoms with Gasteiger partial charge in [-0.2, -0.15) is 0 Å². The van der Waals surface area contributed by atoms with Crippen molar-refractivity contribution in [3.05, 3.63) is 23.8 Å². The fraction of sp³-hybridized carbons (Fsp3) is 0.611. The Morgan fingerprint density at radius 1 is 1.28 bits per heavy atom. The molecule has 0 atom stereocenters. The molecule has 1 aliphatic carbocycles. The smallest absolute Gasteiger partial charge is 0.231 e. The summed E-state index contributed by atoms with van der Waals surface area (Å²) in [7, 11) is 0.445. The molecule has 0 aromatic heterocycles. The monoisotopic (exact) mass is 368 g/mol. The van der Waals surface area contributed by atoms with Gasteiger partial charge in [-0.15, -0.1) is 0 Å². The van der Waals surface area contributed by atoms with Crippen molar-refractivity contribution in [2.24, 2.45) is 5.41 Å². The standard InChI is InChI=1S/C18H25FN2O3S/c1-20(2)8-3-9-21-16-5-4-15(10-14(16)11-17(21)22)25(23,24)13-18(12-19)6-7-18/h4-5,10H,3,6-9,11-13H2,1-2H3. The van der Waals surface area contributed by atoms with Gasteiger partial charge >= 0.3 is 0 Å². The van der Waals surface area contributed by atoms with Crippen LogP contribution in [0.3, 0.4) is 0 Å². The molecule has 1 aliphatic heterocycles. The van der Waals surface area contributed by atoms with Crippen molar-refractivity contribution in [1.29, 1.82) is 0 Å². The summed E-state index contributed by atoms with van der Waals surface area (Å²) in [6.07, 6.45) is 2.35. The largest absolute Gasteiger partial charge is 0.312 e. The fourth-order valence-corrected chi connectivity index (χ4v) is 5.26. The van der Waals surface area contributed by atoms with Crippen molar-refractivity contribution in [3.8, 4) is 0 Å². The molecule has 0 radical (unpaired) electrons. The van der Waals surface area contributed by atoms with Crippen LogP contribution in [0, 0.1) is 5.41 Å². The van der Waals surface area contributed by atoms with Gasteiger partial charge in [0.1, 0.15) is 0 Å². The van der Waals surface area contributed by atoms with Crippen LogP contribution in [0.5, 0.6) is 0 Å². The van der Waals surface area contributed by atoms with Gasteiger partial charge in [0.15, 0.2) is 9.84 Å². The highest BCUT2D eigenvalue weighted by Crippen LogP contribution is 2.48. The summed E-state index contributed by atoms with van der Waals surface area (Å²) in [4.78, 5) is 16.3. The average Bonchev–Trinajstić information content (AvgIpc) is 3.23. The average molecular weight is 368 g/mol. The van der Waals surface area contributed by atoms with E-state index in [0.717, 1.165) is 24.2 Å². The van der Waals surface area contributed by atoms with Crippen LogP contribution in [0.15, 0.2) is 23.1 Å². The van der Waals surface area contributed by atoms with Crippen LogP contribution in [-0.2, 0) is 21.1 Å². The molecule has 0 bridgehead atoms. The predicted molar refractivity (Wildman–Crippen MR) is 95.4 cm³/mol. The Bertz CT molecular complexity index is 773. The Morgan fingerprint density at radius 2 is 2.00 bits per heavy atom. The van der Waals surface area contributed by atoms with Crippen molar-refractivity contribution in [3.63, 3.8) is 0 Å². The van der Waals surface area contributed by atoms with Crippen molar-refractivity contribution in [2.45, 2.75) is 30.6 Å². The summed E-state index contributed by atoms with van der Waals surface area (Å²) in [5, 5.41) is 0. The molecule has 3 rings (SSSR count). The molecule has 138 valence electrons. The fourth-order valence-electron chi connectivity index (χ4n) is 3.32. The van der Waals surface area contributed by atoms with Crippen molar-refractivity contribution >= 4 is 21.4 Å². The third-order valence-corrected chi connectivity index (χ3v) is 7.03. The normalized spacial score (nSPS) is 18.7. The maximum atomic E-state index is 13.1. The summed E-state index contributed by atoms with van der Waals surface area (Å²) in [6, 6.07) is 4.88. The summed E-state index contributed by atoms with van der Waals surface area (Å²) >= 11 is 0. The molecule has 5 nitrogen and oxygen atoms in total. The van der Waals surface area contributed by atoms with Crippen molar-refractivity contribution < 1.29 is 17.6 Å². The van der Waals surface area contributed by atoms with Crippen LogP contribution in [0.25, 0.3) is 0 Å². The van der Waals surface area contributed by atoms with Gasteiger partial charge in [-0.05, 0) is 63.7 Å².